The number of benzene rings is 1. The summed E-state index contributed by atoms with van der Waals surface area (Å²) in [5.74, 6) is 0.203. The highest BCUT2D eigenvalue weighted by Gasteiger charge is 2.21. The molecule has 1 aliphatic rings. The fourth-order valence-corrected chi connectivity index (χ4v) is 3.28. The zero-order chi connectivity index (χ0) is 13.8. The van der Waals surface area contributed by atoms with Gasteiger partial charge in [-0.25, -0.2) is 0 Å². The Morgan fingerprint density at radius 2 is 1.85 bits per heavy atom. The SMILES string of the molecule is COC(=O)Cc1ccc(C2CCCCC2)c(Cl)c1Cl.Cl. The fourth-order valence-electron chi connectivity index (χ4n) is 2.70. The highest BCUT2D eigenvalue weighted by atomic mass is 35.5. The molecular formula is C15H19Cl3O2. The standard InChI is InChI=1S/C15H18Cl2O2.ClH/c1-19-13(18)9-11-7-8-12(15(17)14(11)16)10-5-3-2-4-6-10;/h7-8,10H,2-6,9H2,1H3;1H. The first kappa shape index (κ1) is 17.6. The van der Waals surface area contributed by atoms with Crippen LogP contribution in [-0.2, 0) is 16.0 Å². The van der Waals surface area contributed by atoms with E-state index in [4.69, 9.17) is 23.2 Å². The molecule has 0 spiro atoms. The summed E-state index contributed by atoms with van der Waals surface area (Å²) < 4.78 is 4.65. The van der Waals surface area contributed by atoms with E-state index in [1.807, 2.05) is 12.1 Å². The van der Waals surface area contributed by atoms with Crippen molar-refractivity contribution in [2.24, 2.45) is 0 Å². The third-order valence-electron chi connectivity index (χ3n) is 3.80. The Labute approximate surface area is 136 Å². The normalized spacial score (nSPS) is 15.6. The van der Waals surface area contributed by atoms with Gasteiger partial charge >= 0.3 is 5.97 Å². The second-order valence-corrected chi connectivity index (χ2v) is 5.79. The lowest BCUT2D eigenvalue weighted by Gasteiger charge is -2.23. The number of esters is 1. The van der Waals surface area contributed by atoms with Crippen LogP contribution in [0.15, 0.2) is 12.1 Å². The van der Waals surface area contributed by atoms with Crippen LogP contribution in [0, 0.1) is 0 Å². The summed E-state index contributed by atoms with van der Waals surface area (Å²) in [4.78, 5) is 11.3. The summed E-state index contributed by atoms with van der Waals surface area (Å²) in [6.07, 6.45) is 6.33. The molecule has 2 nitrogen and oxygen atoms in total. The summed E-state index contributed by atoms with van der Waals surface area (Å²) in [6.45, 7) is 0. The summed E-state index contributed by atoms with van der Waals surface area (Å²) in [6, 6.07) is 3.91. The van der Waals surface area contributed by atoms with Crippen LogP contribution in [0.2, 0.25) is 10.0 Å². The second-order valence-electron chi connectivity index (χ2n) is 5.03. The molecule has 0 aromatic heterocycles. The van der Waals surface area contributed by atoms with Crippen LogP contribution in [0.1, 0.15) is 49.1 Å². The Balaban J connectivity index is 0.00000200. The molecule has 0 unspecified atom stereocenters. The van der Waals surface area contributed by atoms with Crippen molar-refractivity contribution in [1.82, 2.24) is 0 Å². The van der Waals surface area contributed by atoms with E-state index in [0.29, 0.717) is 16.0 Å². The maximum atomic E-state index is 11.3. The smallest absolute Gasteiger partial charge is 0.310 e. The van der Waals surface area contributed by atoms with E-state index in [-0.39, 0.29) is 24.8 Å². The molecule has 0 radical (unpaired) electrons. The highest BCUT2D eigenvalue weighted by Crippen LogP contribution is 2.40. The second kappa shape index (κ2) is 8.11. The minimum atomic E-state index is -0.302. The Morgan fingerprint density at radius 3 is 2.45 bits per heavy atom. The third-order valence-corrected chi connectivity index (χ3v) is 4.74. The van der Waals surface area contributed by atoms with Gasteiger partial charge in [0, 0.05) is 0 Å². The summed E-state index contributed by atoms with van der Waals surface area (Å²) in [7, 11) is 1.37. The molecule has 1 aromatic carbocycles. The van der Waals surface area contributed by atoms with Crippen molar-refractivity contribution in [3.63, 3.8) is 0 Å². The number of hydrogen-bond acceptors (Lipinski definition) is 2. The van der Waals surface area contributed by atoms with Crippen LogP contribution in [0.25, 0.3) is 0 Å². The van der Waals surface area contributed by atoms with Crippen LogP contribution in [0.3, 0.4) is 0 Å². The first-order valence-corrected chi connectivity index (χ1v) is 7.42. The van der Waals surface area contributed by atoms with Gasteiger partial charge in [-0.2, -0.15) is 0 Å². The lowest BCUT2D eigenvalue weighted by molar-refractivity contribution is -0.139. The van der Waals surface area contributed by atoms with Crippen molar-refractivity contribution in [2.75, 3.05) is 7.11 Å². The van der Waals surface area contributed by atoms with Gasteiger partial charge in [-0.1, -0.05) is 54.6 Å². The van der Waals surface area contributed by atoms with E-state index < -0.39 is 0 Å². The van der Waals surface area contributed by atoms with Gasteiger partial charge in [0.2, 0.25) is 0 Å². The fraction of sp³-hybridized carbons (Fsp3) is 0.533. The average Bonchev–Trinajstić information content (AvgIpc) is 2.45. The van der Waals surface area contributed by atoms with Crippen LogP contribution < -0.4 is 0 Å². The molecule has 0 amide bonds. The summed E-state index contributed by atoms with van der Waals surface area (Å²) >= 11 is 12.7. The van der Waals surface area contributed by atoms with E-state index in [9.17, 15) is 4.79 Å². The number of carbonyl (C=O) groups is 1. The van der Waals surface area contributed by atoms with Crippen molar-refractivity contribution in [3.8, 4) is 0 Å². The summed E-state index contributed by atoms with van der Waals surface area (Å²) in [5.41, 5.74) is 1.86. The number of rotatable bonds is 3. The third kappa shape index (κ3) is 4.03. The Bertz CT molecular complexity index is 468. The molecule has 0 bridgehead atoms. The first-order chi connectivity index (χ1) is 9.13. The topological polar surface area (TPSA) is 26.3 Å². The lowest BCUT2D eigenvalue weighted by Crippen LogP contribution is -2.08. The molecule has 112 valence electrons. The average molecular weight is 338 g/mol. The molecule has 0 heterocycles. The highest BCUT2D eigenvalue weighted by molar-refractivity contribution is 6.43. The Morgan fingerprint density at radius 1 is 1.20 bits per heavy atom. The van der Waals surface area contributed by atoms with Crippen LogP contribution >= 0.6 is 35.6 Å². The van der Waals surface area contributed by atoms with Crippen molar-refractivity contribution in [2.45, 2.75) is 44.4 Å². The molecule has 1 aliphatic carbocycles. The predicted molar refractivity (Wildman–Crippen MR) is 85.3 cm³/mol. The van der Waals surface area contributed by atoms with Crippen molar-refractivity contribution in [3.05, 3.63) is 33.3 Å². The Kier molecular flexibility index (Phi) is 7.14. The maximum absolute atomic E-state index is 11.3. The van der Waals surface area contributed by atoms with Gasteiger partial charge in [-0.05, 0) is 29.9 Å². The van der Waals surface area contributed by atoms with Gasteiger partial charge in [-0.3, -0.25) is 4.79 Å². The van der Waals surface area contributed by atoms with Crippen LogP contribution in [0.4, 0.5) is 0 Å². The van der Waals surface area contributed by atoms with Crippen molar-refractivity contribution in [1.29, 1.82) is 0 Å². The number of ether oxygens (including phenoxy) is 1. The molecule has 1 fully saturated rings. The molecule has 20 heavy (non-hydrogen) atoms. The van der Waals surface area contributed by atoms with Crippen LogP contribution in [0.5, 0.6) is 0 Å². The van der Waals surface area contributed by atoms with Gasteiger partial charge in [0.15, 0.2) is 0 Å². The van der Waals surface area contributed by atoms with Crippen molar-refractivity contribution < 1.29 is 9.53 Å². The van der Waals surface area contributed by atoms with E-state index in [2.05, 4.69) is 4.74 Å². The molecule has 1 aromatic rings. The number of hydrogen-bond donors (Lipinski definition) is 0. The molecule has 1 saturated carbocycles. The largest absolute Gasteiger partial charge is 0.469 e. The zero-order valence-electron chi connectivity index (χ0n) is 11.5. The van der Waals surface area contributed by atoms with Gasteiger partial charge in [0.05, 0.1) is 23.6 Å². The molecule has 2 rings (SSSR count). The maximum Gasteiger partial charge on any atom is 0.310 e. The quantitative estimate of drug-likeness (QED) is 0.710. The lowest BCUT2D eigenvalue weighted by atomic mass is 9.84. The van der Waals surface area contributed by atoms with Gasteiger partial charge < -0.3 is 4.74 Å². The molecule has 5 heteroatoms. The number of carbonyl (C=O) groups excluding carboxylic acids is 1. The van der Waals surface area contributed by atoms with Crippen molar-refractivity contribution >= 4 is 41.6 Å². The van der Waals surface area contributed by atoms with E-state index >= 15 is 0 Å². The predicted octanol–water partition coefficient (Wildman–Crippen LogP) is 5.18. The van der Waals surface area contributed by atoms with E-state index in [1.165, 1.54) is 39.2 Å². The number of halogens is 3. The number of methoxy groups -OCH3 is 1. The molecular weight excluding hydrogens is 319 g/mol. The molecule has 0 atom stereocenters. The van der Waals surface area contributed by atoms with E-state index in [0.717, 1.165) is 11.1 Å². The zero-order valence-corrected chi connectivity index (χ0v) is 13.8. The minimum absolute atomic E-state index is 0. The Hall–Kier alpha value is -0.440. The van der Waals surface area contributed by atoms with Gasteiger partial charge in [0.25, 0.3) is 0 Å². The monoisotopic (exact) mass is 336 g/mol. The first-order valence-electron chi connectivity index (χ1n) is 6.67. The summed E-state index contributed by atoms with van der Waals surface area (Å²) in [5, 5.41) is 1.10. The molecule has 0 aliphatic heterocycles. The molecule has 0 N–H and O–H groups in total. The van der Waals surface area contributed by atoms with Crippen LogP contribution in [-0.4, -0.2) is 13.1 Å². The molecule has 0 saturated heterocycles. The van der Waals surface area contributed by atoms with E-state index in [1.54, 1.807) is 0 Å². The van der Waals surface area contributed by atoms with Gasteiger partial charge in [0.1, 0.15) is 0 Å². The minimum Gasteiger partial charge on any atom is -0.469 e. The van der Waals surface area contributed by atoms with Gasteiger partial charge in [-0.15, -0.1) is 12.4 Å².